The Morgan fingerprint density at radius 3 is 2.00 bits per heavy atom. The molecule has 0 amide bonds. The van der Waals surface area contributed by atoms with Gasteiger partial charge in [-0.05, 0) is 80.5 Å². The molecule has 1 aliphatic heterocycles. The largest absolute Gasteiger partial charge is 0.309 e. The van der Waals surface area contributed by atoms with Gasteiger partial charge in [0.15, 0.2) is 5.82 Å². The first kappa shape index (κ1) is 33.3. The van der Waals surface area contributed by atoms with Crippen LogP contribution in [0.5, 0.6) is 0 Å². The normalized spacial score (nSPS) is 12.3. The molecule has 3 aromatic heterocycles. The molecule has 5 heteroatoms. The van der Waals surface area contributed by atoms with Crippen molar-refractivity contribution in [1.29, 1.82) is 0 Å². The van der Waals surface area contributed by atoms with E-state index in [0.717, 1.165) is 70.9 Å². The first-order chi connectivity index (χ1) is 29.7. The van der Waals surface area contributed by atoms with Crippen LogP contribution in [0, 0.1) is 0 Å². The lowest BCUT2D eigenvalue weighted by atomic mass is 9.89. The molecular formula is C55H32N4S. The molecule has 0 saturated heterocycles. The molecule has 0 radical (unpaired) electrons. The summed E-state index contributed by atoms with van der Waals surface area (Å²) in [4.78, 5) is 18.1. The fourth-order valence-electron chi connectivity index (χ4n) is 9.42. The minimum atomic E-state index is 0.712. The Kier molecular flexibility index (Phi) is 7.14. The summed E-state index contributed by atoms with van der Waals surface area (Å²) in [5.74, 6) is 0.712. The number of pyridine rings is 1. The second kappa shape index (κ2) is 12.9. The zero-order valence-electron chi connectivity index (χ0n) is 32.2. The van der Waals surface area contributed by atoms with Crippen molar-refractivity contribution in [2.24, 2.45) is 0 Å². The quantitative estimate of drug-likeness (QED) is 0.178. The molecule has 13 rings (SSSR count). The predicted octanol–water partition coefficient (Wildman–Crippen LogP) is 15.3. The summed E-state index contributed by atoms with van der Waals surface area (Å²) >= 11 is 1.76. The summed E-state index contributed by atoms with van der Waals surface area (Å²) in [6.45, 7) is 0. The third-order valence-electron chi connectivity index (χ3n) is 12.2. The van der Waals surface area contributed by atoms with Gasteiger partial charge in [-0.25, -0.2) is 9.97 Å². The molecule has 9 aromatic carbocycles. The predicted molar refractivity (Wildman–Crippen MR) is 253 cm³/mol. The van der Waals surface area contributed by atoms with Crippen LogP contribution in [0.4, 0.5) is 17.1 Å². The summed E-state index contributed by atoms with van der Waals surface area (Å²) in [6, 6.07) is 67.9. The van der Waals surface area contributed by atoms with Crippen molar-refractivity contribution in [2.45, 2.75) is 0 Å². The van der Waals surface area contributed by atoms with Gasteiger partial charge in [0, 0.05) is 55.0 Å². The molecule has 4 heterocycles. The molecule has 1 aliphatic rings. The molecule has 60 heavy (non-hydrogen) atoms. The Labute approximate surface area is 349 Å². The van der Waals surface area contributed by atoms with Crippen LogP contribution in [0.15, 0.2) is 194 Å². The zero-order chi connectivity index (χ0) is 39.3. The number of para-hydroxylation sites is 1. The van der Waals surface area contributed by atoms with Gasteiger partial charge < -0.3 is 4.90 Å². The number of fused-ring (bicyclic) bond motifs is 8. The van der Waals surface area contributed by atoms with Crippen LogP contribution >= 0.6 is 11.3 Å². The van der Waals surface area contributed by atoms with Gasteiger partial charge >= 0.3 is 0 Å². The summed E-state index contributed by atoms with van der Waals surface area (Å²) in [7, 11) is 0. The summed E-state index contributed by atoms with van der Waals surface area (Å²) in [5.41, 5.74) is 13.1. The van der Waals surface area contributed by atoms with Crippen molar-refractivity contribution < 1.29 is 0 Å². The molecule has 0 atom stereocenters. The van der Waals surface area contributed by atoms with Gasteiger partial charge in [-0.2, -0.15) is 0 Å². The summed E-state index contributed by atoms with van der Waals surface area (Å²) in [6.07, 6.45) is 1.86. The van der Waals surface area contributed by atoms with Crippen LogP contribution in [0.3, 0.4) is 0 Å². The fourth-order valence-corrected chi connectivity index (χ4v) is 10.6. The number of anilines is 3. The molecule has 0 bridgehead atoms. The van der Waals surface area contributed by atoms with Gasteiger partial charge in [0.1, 0.15) is 0 Å². The molecule has 0 N–H and O–H groups in total. The maximum absolute atomic E-state index is 5.49. The highest BCUT2D eigenvalue weighted by atomic mass is 32.1. The minimum absolute atomic E-state index is 0.712. The monoisotopic (exact) mass is 780 g/mol. The molecular weight excluding hydrogens is 749 g/mol. The standard InChI is InChI=1S/C55H32N4S/c1-2-11-39-31-48-46(30-38(39)10-1)42-19-6-13-35-14-8-21-47(50(35)42)59(48)40-28-27-33-12-5-20-43(45(33)32-40)55-57-52(54-53(58-55)44-17-3-4-22-49(44)60-54)37-25-23-34(24-26-37)41-18-7-15-36-16-9-29-56-51(36)41/h1-32H. The highest BCUT2D eigenvalue weighted by Gasteiger charge is 2.27. The van der Waals surface area contributed by atoms with Crippen molar-refractivity contribution in [3.8, 4) is 44.9 Å². The average Bonchev–Trinajstić information content (AvgIpc) is 3.69. The first-order valence-electron chi connectivity index (χ1n) is 20.3. The van der Waals surface area contributed by atoms with Crippen molar-refractivity contribution in [3.63, 3.8) is 0 Å². The fraction of sp³-hybridized carbons (Fsp3) is 0. The molecule has 0 aliphatic carbocycles. The Hall–Kier alpha value is -7.73. The van der Waals surface area contributed by atoms with Crippen molar-refractivity contribution in [1.82, 2.24) is 15.0 Å². The lowest BCUT2D eigenvalue weighted by Gasteiger charge is -2.34. The Morgan fingerprint density at radius 2 is 1.12 bits per heavy atom. The molecule has 4 nitrogen and oxygen atoms in total. The van der Waals surface area contributed by atoms with Gasteiger partial charge in [-0.15, -0.1) is 11.3 Å². The minimum Gasteiger partial charge on any atom is -0.309 e. The topological polar surface area (TPSA) is 41.9 Å². The van der Waals surface area contributed by atoms with Gasteiger partial charge in [-0.1, -0.05) is 146 Å². The number of rotatable bonds is 4. The van der Waals surface area contributed by atoms with Crippen LogP contribution in [0.2, 0.25) is 0 Å². The average molecular weight is 781 g/mol. The smallest absolute Gasteiger partial charge is 0.161 e. The van der Waals surface area contributed by atoms with Crippen molar-refractivity contribution in [3.05, 3.63) is 194 Å². The maximum atomic E-state index is 5.49. The zero-order valence-corrected chi connectivity index (χ0v) is 33.0. The van der Waals surface area contributed by atoms with Crippen molar-refractivity contribution >= 4 is 91.9 Å². The van der Waals surface area contributed by atoms with E-state index < -0.39 is 0 Å². The number of nitrogens with zero attached hydrogens (tertiary/aromatic N) is 4. The van der Waals surface area contributed by atoms with E-state index in [4.69, 9.17) is 15.0 Å². The van der Waals surface area contributed by atoms with Gasteiger partial charge in [0.25, 0.3) is 0 Å². The maximum Gasteiger partial charge on any atom is 0.161 e. The van der Waals surface area contributed by atoms with E-state index in [1.165, 1.54) is 48.7 Å². The van der Waals surface area contributed by atoms with E-state index in [2.05, 4.69) is 187 Å². The molecule has 0 spiro atoms. The third kappa shape index (κ3) is 5.00. The lowest BCUT2D eigenvalue weighted by Crippen LogP contribution is -2.15. The number of aromatic nitrogens is 3. The Morgan fingerprint density at radius 1 is 0.417 bits per heavy atom. The molecule has 0 unspecified atom stereocenters. The molecule has 278 valence electrons. The van der Waals surface area contributed by atoms with Crippen LogP contribution in [-0.4, -0.2) is 15.0 Å². The SMILES string of the molecule is c1ccc2cc3c(cc2c1)-c1cccc2cccc(c12)N3c1ccc2cccc(-c3nc(-c4ccc(-c5cccc6cccnc56)cc4)c4sc5ccccc5c4n3)c2c1. The number of hydrogen-bond donors (Lipinski definition) is 0. The van der Waals surface area contributed by atoms with Crippen LogP contribution < -0.4 is 4.90 Å². The van der Waals surface area contributed by atoms with Crippen molar-refractivity contribution in [2.75, 3.05) is 4.90 Å². The van der Waals surface area contributed by atoms with Gasteiger partial charge in [-0.3, -0.25) is 4.98 Å². The van der Waals surface area contributed by atoms with E-state index in [9.17, 15) is 0 Å². The number of benzene rings is 9. The highest BCUT2D eigenvalue weighted by Crippen LogP contribution is 2.52. The van der Waals surface area contributed by atoms with Crippen LogP contribution in [0.1, 0.15) is 0 Å². The Balaban J connectivity index is 1.01. The molecule has 0 fully saturated rings. The lowest BCUT2D eigenvalue weighted by molar-refractivity contribution is 1.24. The molecule has 0 saturated carbocycles. The van der Waals surface area contributed by atoms with E-state index in [-0.39, 0.29) is 0 Å². The first-order valence-corrected chi connectivity index (χ1v) is 21.1. The van der Waals surface area contributed by atoms with Crippen LogP contribution in [0.25, 0.3) is 108 Å². The highest BCUT2D eigenvalue weighted by molar-refractivity contribution is 7.26. The summed E-state index contributed by atoms with van der Waals surface area (Å²) < 4.78 is 2.29. The third-order valence-corrected chi connectivity index (χ3v) is 13.4. The second-order valence-electron chi connectivity index (χ2n) is 15.6. The van der Waals surface area contributed by atoms with E-state index in [1.54, 1.807) is 11.3 Å². The van der Waals surface area contributed by atoms with Crippen LogP contribution in [-0.2, 0) is 0 Å². The second-order valence-corrected chi connectivity index (χ2v) is 16.6. The van der Waals surface area contributed by atoms with E-state index >= 15 is 0 Å². The van der Waals surface area contributed by atoms with Gasteiger partial charge in [0.05, 0.1) is 32.8 Å². The summed E-state index contributed by atoms with van der Waals surface area (Å²) in [5, 5.41) is 9.46. The molecule has 12 aromatic rings. The van der Waals surface area contributed by atoms with Gasteiger partial charge in [0.2, 0.25) is 0 Å². The van der Waals surface area contributed by atoms with E-state index in [0.29, 0.717) is 5.82 Å². The van der Waals surface area contributed by atoms with E-state index in [1.807, 2.05) is 12.3 Å². The number of hydrogen-bond acceptors (Lipinski definition) is 5. The Bertz CT molecular complexity index is 3730. The number of thiophene rings is 1.